The van der Waals surface area contributed by atoms with Gasteiger partial charge in [-0.1, -0.05) is 49.6 Å². The number of amides is 1. The van der Waals surface area contributed by atoms with E-state index in [1.807, 2.05) is 7.05 Å². The summed E-state index contributed by atoms with van der Waals surface area (Å²) in [6, 6.07) is 11.0. The summed E-state index contributed by atoms with van der Waals surface area (Å²) in [5.41, 5.74) is 1.42. The molecule has 0 bridgehead atoms. The Bertz CT molecular complexity index is 625. The van der Waals surface area contributed by atoms with E-state index < -0.39 is 0 Å². The van der Waals surface area contributed by atoms with Crippen molar-refractivity contribution >= 4 is 11.9 Å². The molecule has 5 heteroatoms. The first kappa shape index (κ1) is 20.7. The van der Waals surface area contributed by atoms with Crippen LogP contribution < -0.4 is 10.6 Å². The molecule has 1 atom stereocenters. The largest absolute Gasteiger partial charge is 0.356 e. The number of unbranched alkanes of at least 4 members (excludes halogenated alkanes) is 2. The molecular formula is C23H36N4O. The number of nitrogens with zero attached hydrogens (tertiary/aromatic N) is 2. The zero-order valence-corrected chi connectivity index (χ0v) is 17.3. The number of hydrogen-bond acceptors (Lipinski definition) is 2. The quantitative estimate of drug-likeness (QED) is 0.410. The zero-order chi connectivity index (χ0) is 19.6. The third-order valence-electron chi connectivity index (χ3n) is 6.05. The summed E-state index contributed by atoms with van der Waals surface area (Å²) in [6.07, 6.45) is 10.3. The first-order chi connectivity index (χ1) is 13.8. The van der Waals surface area contributed by atoms with Crippen molar-refractivity contribution in [3.8, 4) is 0 Å². The van der Waals surface area contributed by atoms with E-state index in [2.05, 4.69) is 50.9 Å². The maximum Gasteiger partial charge on any atom is 0.225 e. The number of carbonyl (C=O) groups is 1. The van der Waals surface area contributed by atoms with E-state index >= 15 is 0 Å². The van der Waals surface area contributed by atoms with Crippen molar-refractivity contribution in [3.05, 3.63) is 35.9 Å². The molecule has 2 fully saturated rings. The number of rotatable bonds is 8. The third-order valence-corrected chi connectivity index (χ3v) is 6.05. The Morgan fingerprint density at radius 3 is 2.64 bits per heavy atom. The van der Waals surface area contributed by atoms with Crippen LogP contribution in [0.25, 0.3) is 0 Å². The summed E-state index contributed by atoms with van der Waals surface area (Å²) in [6.45, 7) is 2.63. The van der Waals surface area contributed by atoms with Crippen LogP contribution in [0.4, 0.5) is 0 Å². The lowest BCUT2D eigenvalue weighted by Crippen LogP contribution is -2.45. The lowest BCUT2D eigenvalue weighted by atomic mass is 10.1. The maximum atomic E-state index is 12.6. The zero-order valence-electron chi connectivity index (χ0n) is 17.3. The van der Waals surface area contributed by atoms with Crippen molar-refractivity contribution in [2.45, 2.75) is 63.8 Å². The van der Waals surface area contributed by atoms with Gasteiger partial charge in [-0.25, -0.2) is 0 Å². The molecule has 3 rings (SSSR count). The minimum absolute atomic E-state index is 0.284. The van der Waals surface area contributed by atoms with Gasteiger partial charge in [0.1, 0.15) is 0 Å². The van der Waals surface area contributed by atoms with Crippen molar-refractivity contribution in [2.75, 3.05) is 26.7 Å². The van der Waals surface area contributed by atoms with E-state index in [0.29, 0.717) is 11.9 Å². The summed E-state index contributed by atoms with van der Waals surface area (Å²) < 4.78 is 0. The summed E-state index contributed by atoms with van der Waals surface area (Å²) >= 11 is 0. The average molecular weight is 385 g/mol. The Kier molecular flexibility index (Phi) is 8.19. The van der Waals surface area contributed by atoms with Gasteiger partial charge in [0.25, 0.3) is 0 Å². The van der Waals surface area contributed by atoms with Crippen LogP contribution in [0.3, 0.4) is 0 Å². The summed E-state index contributed by atoms with van der Waals surface area (Å²) in [5.74, 6) is 1.53. The van der Waals surface area contributed by atoms with Gasteiger partial charge in [0.2, 0.25) is 5.91 Å². The minimum Gasteiger partial charge on any atom is -0.356 e. The Balaban J connectivity index is 1.29. The van der Waals surface area contributed by atoms with Crippen LogP contribution in [0.15, 0.2) is 35.3 Å². The van der Waals surface area contributed by atoms with E-state index in [4.69, 9.17) is 0 Å². The van der Waals surface area contributed by atoms with Gasteiger partial charge < -0.3 is 15.5 Å². The second kappa shape index (κ2) is 11.1. The van der Waals surface area contributed by atoms with E-state index in [1.54, 1.807) is 0 Å². The van der Waals surface area contributed by atoms with Crippen LogP contribution in [0, 0.1) is 5.92 Å². The maximum absolute atomic E-state index is 12.6. The van der Waals surface area contributed by atoms with Gasteiger partial charge >= 0.3 is 0 Å². The molecule has 2 aliphatic rings. The first-order valence-corrected chi connectivity index (χ1v) is 11.1. The average Bonchev–Trinajstić information content (AvgIpc) is 3.42. The van der Waals surface area contributed by atoms with Gasteiger partial charge in [-0.05, 0) is 44.1 Å². The van der Waals surface area contributed by atoms with E-state index in [0.717, 1.165) is 57.7 Å². The minimum atomic E-state index is 0.284. The number of likely N-dealkylation sites (tertiary alicyclic amines) is 1. The number of hydrogen-bond donors (Lipinski definition) is 2. The molecule has 1 aromatic rings. The van der Waals surface area contributed by atoms with Crippen molar-refractivity contribution in [1.82, 2.24) is 15.5 Å². The van der Waals surface area contributed by atoms with E-state index in [-0.39, 0.29) is 5.92 Å². The molecule has 0 aromatic heterocycles. The van der Waals surface area contributed by atoms with Gasteiger partial charge in [0.15, 0.2) is 5.96 Å². The summed E-state index contributed by atoms with van der Waals surface area (Å²) in [7, 11) is 1.82. The number of aliphatic imine (C=N–C) groups is 1. The van der Waals surface area contributed by atoms with Crippen LogP contribution >= 0.6 is 0 Å². The summed E-state index contributed by atoms with van der Waals surface area (Å²) in [4.78, 5) is 19.0. The molecule has 0 spiro atoms. The second-order valence-corrected chi connectivity index (χ2v) is 8.19. The van der Waals surface area contributed by atoms with Crippen LogP contribution in [0.1, 0.15) is 56.9 Å². The molecule has 1 saturated carbocycles. The van der Waals surface area contributed by atoms with Crippen LogP contribution in [0.2, 0.25) is 0 Å². The lowest BCUT2D eigenvalue weighted by Gasteiger charge is -2.21. The van der Waals surface area contributed by atoms with E-state index in [9.17, 15) is 4.79 Å². The van der Waals surface area contributed by atoms with Gasteiger partial charge in [0, 0.05) is 38.6 Å². The molecule has 1 aliphatic heterocycles. The lowest BCUT2D eigenvalue weighted by molar-refractivity contribution is -0.134. The van der Waals surface area contributed by atoms with Gasteiger partial charge in [-0.3, -0.25) is 9.79 Å². The smallest absolute Gasteiger partial charge is 0.225 e. The molecule has 0 radical (unpaired) electrons. The Morgan fingerprint density at radius 2 is 1.89 bits per heavy atom. The van der Waals surface area contributed by atoms with Gasteiger partial charge in [-0.2, -0.15) is 0 Å². The first-order valence-electron chi connectivity index (χ1n) is 11.1. The van der Waals surface area contributed by atoms with Gasteiger partial charge in [0.05, 0.1) is 0 Å². The molecule has 1 amide bonds. The Labute approximate surface area is 170 Å². The Morgan fingerprint density at radius 1 is 1.11 bits per heavy atom. The summed E-state index contributed by atoms with van der Waals surface area (Å²) in [5, 5.41) is 6.93. The number of benzene rings is 1. The van der Waals surface area contributed by atoms with Crippen molar-refractivity contribution in [1.29, 1.82) is 0 Å². The highest BCUT2D eigenvalue weighted by atomic mass is 16.2. The number of aryl methyl sites for hydroxylation is 1. The van der Waals surface area contributed by atoms with Crippen LogP contribution in [-0.2, 0) is 11.2 Å². The molecule has 1 saturated heterocycles. The molecule has 2 N–H and O–H groups in total. The predicted molar refractivity (Wildman–Crippen MR) is 115 cm³/mol. The highest BCUT2D eigenvalue weighted by molar-refractivity contribution is 5.81. The van der Waals surface area contributed by atoms with Crippen molar-refractivity contribution < 1.29 is 4.79 Å². The van der Waals surface area contributed by atoms with Crippen molar-refractivity contribution in [2.24, 2.45) is 10.9 Å². The van der Waals surface area contributed by atoms with Crippen LogP contribution in [0.5, 0.6) is 0 Å². The predicted octanol–water partition coefficient (Wildman–Crippen LogP) is 3.36. The molecule has 1 heterocycles. The number of guanidine groups is 1. The molecule has 1 aromatic carbocycles. The number of nitrogens with one attached hydrogen (secondary N) is 2. The normalized spacial score (nSPS) is 20.5. The monoisotopic (exact) mass is 384 g/mol. The fourth-order valence-electron chi connectivity index (χ4n) is 4.38. The molecule has 28 heavy (non-hydrogen) atoms. The molecule has 1 unspecified atom stereocenters. The highest BCUT2D eigenvalue weighted by Crippen LogP contribution is 2.27. The third kappa shape index (κ3) is 6.25. The second-order valence-electron chi connectivity index (χ2n) is 8.19. The number of carbonyl (C=O) groups excluding carboxylic acids is 1. The fraction of sp³-hybridized carbons (Fsp3) is 0.652. The topological polar surface area (TPSA) is 56.7 Å². The SMILES string of the molecule is CN=C(NCCCCCc1ccccc1)NC1CCN(C(=O)C2CCCC2)C1. The van der Waals surface area contributed by atoms with Crippen LogP contribution in [-0.4, -0.2) is 49.5 Å². The van der Waals surface area contributed by atoms with Gasteiger partial charge in [-0.15, -0.1) is 0 Å². The standard InChI is InChI=1S/C23H36N4O/c1-24-23(25-16-9-3-6-12-19-10-4-2-5-11-19)26-21-15-17-27(18-21)22(28)20-13-7-8-14-20/h2,4-5,10-11,20-21H,3,6-9,12-18H2,1H3,(H2,24,25,26). The van der Waals surface area contributed by atoms with E-state index in [1.165, 1.54) is 31.2 Å². The molecular weight excluding hydrogens is 348 g/mol. The highest BCUT2D eigenvalue weighted by Gasteiger charge is 2.32. The Hall–Kier alpha value is -2.04. The molecule has 5 nitrogen and oxygen atoms in total. The molecule has 1 aliphatic carbocycles. The molecule has 154 valence electrons. The van der Waals surface area contributed by atoms with Crippen molar-refractivity contribution in [3.63, 3.8) is 0 Å². The fourth-order valence-corrected chi connectivity index (χ4v) is 4.38.